The molecule has 3 aromatic carbocycles. The van der Waals surface area contributed by atoms with Gasteiger partial charge in [0.2, 0.25) is 11.7 Å². The van der Waals surface area contributed by atoms with Crippen molar-refractivity contribution in [2.24, 2.45) is 0 Å². The summed E-state index contributed by atoms with van der Waals surface area (Å²) in [5, 5.41) is 21.4. The van der Waals surface area contributed by atoms with Gasteiger partial charge >= 0.3 is 0 Å². The van der Waals surface area contributed by atoms with Crippen LogP contribution in [-0.2, 0) is 4.79 Å². The Kier molecular flexibility index (Phi) is 5.57. The van der Waals surface area contributed by atoms with E-state index < -0.39 is 0 Å². The van der Waals surface area contributed by atoms with Crippen molar-refractivity contribution in [2.75, 3.05) is 11.1 Å². The summed E-state index contributed by atoms with van der Waals surface area (Å²) in [6, 6.07) is 23.6. The van der Waals surface area contributed by atoms with Crippen LogP contribution in [0.2, 0.25) is 0 Å². The lowest BCUT2D eigenvalue weighted by Gasteiger charge is -2.13. The largest absolute Gasteiger partial charge is 0.325 e. The highest BCUT2D eigenvalue weighted by Crippen LogP contribution is 2.24. The highest BCUT2D eigenvalue weighted by molar-refractivity contribution is 7.99. The summed E-state index contributed by atoms with van der Waals surface area (Å²) in [5.74, 6) is 0.259. The number of para-hydroxylation sites is 2. The average molecular weight is 467 g/mol. The minimum atomic E-state index is -0.219. The van der Waals surface area contributed by atoms with Crippen molar-refractivity contribution in [3.8, 4) is 11.8 Å². The second-order valence-electron chi connectivity index (χ2n) is 7.59. The Balaban J connectivity index is 1.53. The lowest BCUT2D eigenvalue weighted by molar-refractivity contribution is -0.113. The van der Waals surface area contributed by atoms with Crippen LogP contribution >= 0.6 is 11.8 Å². The number of nitrogens with zero attached hydrogens (tertiary/aromatic N) is 5. The fourth-order valence-corrected chi connectivity index (χ4v) is 4.50. The van der Waals surface area contributed by atoms with E-state index in [1.54, 1.807) is 34.9 Å². The molecule has 34 heavy (non-hydrogen) atoms. The van der Waals surface area contributed by atoms with E-state index in [-0.39, 0.29) is 17.2 Å². The van der Waals surface area contributed by atoms with Gasteiger partial charge in [-0.2, -0.15) is 5.26 Å². The standard InChI is InChI=1S/C25H18N6O2S/c1-16-6-2-4-8-20(16)30-23(33)19-7-3-5-9-21(19)31-24(30)28-29-25(31)34-15-22(32)27-18-12-10-17(14-26)11-13-18/h2-13H,15H2,1H3,(H,27,32). The zero-order valence-electron chi connectivity index (χ0n) is 18.1. The summed E-state index contributed by atoms with van der Waals surface area (Å²) in [6.07, 6.45) is 0. The van der Waals surface area contributed by atoms with Gasteiger partial charge in [-0.3, -0.25) is 14.0 Å². The fraction of sp³-hybridized carbons (Fsp3) is 0.0800. The molecule has 0 atom stereocenters. The number of aryl methyl sites for hydroxylation is 1. The van der Waals surface area contributed by atoms with E-state index in [1.165, 1.54) is 11.8 Å². The highest BCUT2D eigenvalue weighted by atomic mass is 32.2. The van der Waals surface area contributed by atoms with Gasteiger partial charge in [-0.25, -0.2) is 4.57 Å². The number of benzene rings is 3. The number of rotatable bonds is 5. The fourth-order valence-electron chi connectivity index (χ4n) is 3.76. The first-order chi connectivity index (χ1) is 16.6. The molecule has 0 aliphatic heterocycles. The van der Waals surface area contributed by atoms with E-state index in [2.05, 4.69) is 15.5 Å². The normalized spacial score (nSPS) is 10.9. The molecule has 2 aromatic heterocycles. The van der Waals surface area contributed by atoms with Gasteiger partial charge in [-0.15, -0.1) is 10.2 Å². The molecule has 0 saturated carbocycles. The Labute approximate surface area is 198 Å². The molecule has 0 fully saturated rings. The number of nitrogens with one attached hydrogen (secondary N) is 1. The first-order valence-electron chi connectivity index (χ1n) is 10.4. The summed E-state index contributed by atoms with van der Waals surface area (Å²) in [6.45, 7) is 1.94. The van der Waals surface area contributed by atoms with Crippen LogP contribution in [0.15, 0.2) is 82.7 Å². The predicted molar refractivity (Wildman–Crippen MR) is 131 cm³/mol. The number of carbonyl (C=O) groups excluding carboxylic acids is 1. The smallest absolute Gasteiger partial charge is 0.267 e. The first kappa shape index (κ1) is 21.4. The molecular formula is C25H18N6O2S. The van der Waals surface area contributed by atoms with Gasteiger partial charge in [0.25, 0.3) is 5.56 Å². The van der Waals surface area contributed by atoms with Crippen molar-refractivity contribution >= 4 is 40.0 Å². The van der Waals surface area contributed by atoms with E-state index in [0.717, 1.165) is 11.3 Å². The Morgan fingerprint density at radius 1 is 1.03 bits per heavy atom. The zero-order chi connectivity index (χ0) is 23.7. The molecule has 0 unspecified atom stereocenters. The van der Waals surface area contributed by atoms with Crippen LogP contribution in [0.1, 0.15) is 11.1 Å². The lowest BCUT2D eigenvalue weighted by Crippen LogP contribution is -2.22. The molecule has 0 saturated heterocycles. The van der Waals surface area contributed by atoms with Crippen molar-refractivity contribution < 1.29 is 4.79 Å². The summed E-state index contributed by atoms with van der Waals surface area (Å²) >= 11 is 1.23. The summed E-state index contributed by atoms with van der Waals surface area (Å²) in [5.41, 5.74) is 3.28. The summed E-state index contributed by atoms with van der Waals surface area (Å²) < 4.78 is 3.37. The highest BCUT2D eigenvalue weighted by Gasteiger charge is 2.19. The van der Waals surface area contributed by atoms with E-state index >= 15 is 0 Å². The van der Waals surface area contributed by atoms with E-state index in [1.807, 2.05) is 59.9 Å². The molecule has 8 nitrogen and oxygen atoms in total. The summed E-state index contributed by atoms with van der Waals surface area (Å²) in [7, 11) is 0. The van der Waals surface area contributed by atoms with Gasteiger partial charge in [0.15, 0.2) is 5.16 Å². The van der Waals surface area contributed by atoms with Crippen molar-refractivity contribution in [3.63, 3.8) is 0 Å². The SMILES string of the molecule is Cc1ccccc1-n1c(=O)c2ccccc2n2c(SCC(=O)Nc3ccc(C#N)cc3)nnc12. The molecule has 0 spiro atoms. The molecule has 5 aromatic rings. The molecule has 5 rings (SSSR count). The van der Waals surface area contributed by atoms with Gasteiger partial charge in [0.05, 0.1) is 34.0 Å². The number of fused-ring (bicyclic) bond motifs is 3. The van der Waals surface area contributed by atoms with Crippen LogP contribution in [0.25, 0.3) is 22.4 Å². The number of anilines is 1. The van der Waals surface area contributed by atoms with Crippen LogP contribution in [0.5, 0.6) is 0 Å². The average Bonchev–Trinajstić information content (AvgIpc) is 3.28. The minimum Gasteiger partial charge on any atom is -0.325 e. The van der Waals surface area contributed by atoms with Crippen molar-refractivity contribution in [3.05, 3.63) is 94.3 Å². The third-order valence-electron chi connectivity index (χ3n) is 5.38. The Bertz CT molecular complexity index is 1650. The van der Waals surface area contributed by atoms with Gasteiger partial charge in [-0.1, -0.05) is 42.1 Å². The van der Waals surface area contributed by atoms with Crippen LogP contribution in [0, 0.1) is 18.3 Å². The van der Waals surface area contributed by atoms with Crippen LogP contribution in [0.3, 0.4) is 0 Å². The number of hydrogen-bond acceptors (Lipinski definition) is 6. The topological polar surface area (TPSA) is 105 Å². The maximum absolute atomic E-state index is 13.4. The molecule has 0 bridgehead atoms. The van der Waals surface area contributed by atoms with E-state index in [9.17, 15) is 9.59 Å². The molecule has 2 heterocycles. The number of thioether (sulfide) groups is 1. The van der Waals surface area contributed by atoms with Crippen LogP contribution in [0.4, 0.5) is 5.69 Å². The number of nitriles is 1. The molecule has 1 amide bonds. The van der Waals surface area contributed by atoms with Crippen molar-refractivity contribution in [1.82, 2.24) is 19.2 Å². The Morgan fingerprint density at radius 2 is 1.76 bits per heavy atom. The number of amides is 1. The molecule has 9 heteroatoms. The molecule has 0 aliphatic carbocycles. The monoisotopic (exact) mass is 466 g/mol. The maximum Gasteiger partial charge on any atom is 0.267 e. The molecule has 0 radical (unpaired) electrons. The Morgan fingerprint density at radius 3 is 2.53 bits per heavy atom. The van der Waals surface area contributed by atoms with E-state index in [0.29, 0.717) is 33.1 Å². The van der Waals surface area contributed by atoms with Crippen molar-refractivity contribution in [2.45, 2.75) is 12.1 Å². The van der Waals surface area contributed by atoms with E-state index in [4.69, 9.17) is 5.26 Å². The van der Waals surface area contributed by atoms with Crippen LogP contribution < -0.4 is 10.9 Å². The number of hydrogen-bond donors (Lipinski definition) is 1. The maximum atomic E-state index is 13.4. The Hall–Kier alpha value is -4.42. The molecule has 1 N–H and O–H groups in total. The molecule has 0 aliphatic rings. The minimum absolute atomic E-state index is 0.0958. The second-order valence-corrected chi connectivity index (χ2v) is 8.53. The second kappa shape index (κ2) is 8.84. The van der Waals surface area contributed by atoms with Crippen LogP contribution in [-0.4, -0.2) is 30.8 Å². The molecular weight excluding hydrogens is 448 g/mol. The van der Waals surface area contributed by atoms with Gasteiger partial charge in [0.1, 0.15) is 0 Å². The summed E-state index contributed by atoms with van der Waals surface area (Å²) in [4.78, 5) is 25.9. The van der Waals surface area contributed by atoms with Gasteiger partial charge in [-0.05, 0) is 55.0 Å². The number of aromatic nitrogens is 4. The first-order valence-corrected chi connectivity index (χ1v) is 11.4. The lowest BCUT2D eigenvalue weighted by atomic mass is 10.2. The zero-order valence-corrected chi connectivity index (χ0v) is 18.9. The van der Waals surface area contributed by atoms with Gasteiger partial charge < -0.3 is 5.32 Å². The van der Waals surface area contributed by atoms with Gasteiger partial charge in [0, 0.05) is 5.69 Å². The third-order valence-corrected chi connectivity index (χ3v) is 6.31. The quantitative estimate of drug-likeness (QED) is 0.393. The number of carbonyl (C=O) groups is 1. The van der Waals surface area contributed by atoms with Crippen molar-refractivity contribution in [1.29, 1.82) is 5.26 Å². The molecule has 166 valence electrons. The third kappa shape index (κ3) is 3.80. The predicted octanol–water partition coefficient (Wildman–Crippen LogP) is 3.94.